The molecule has 0 spiro atoms. The smallest absolute Gasteiger partial charge is 0.311 e. The molecule has 25 heavy (non-hydrogen) atoms. The fourth-order valence-corrected chi connectivity index (χ4v) is 2.45. The number of Topliss-reactive ketones (excluding diaryl/α,β-unsaturated/α-hetero) is 1. The monoisotopic (exact) mass is 359 g/mol. The molecule has 0 radical (unpaired) electrons. The summed E-state index contributed by atoms with van der Waals surface area (Å²) in [6.07, 6.45) is -0.916. The summed E-state index contributed by atoms with van der Waals surface area (Å²) in [5.74, 6) is -1.04. The molecular weight excluding hydrogens is 342 g/mol. The minimum atomic E-state index is -0.915. The van der Waals surface area contributed by atoms with Crippen LogP contribution in [0.3, 0.4) is 0 Å². The molecule has 1 atom stereocenters. The van der Waals surface area contributed by atoms with Crippen LogP contribution >= 0.6 is 11.6 Å². The Morgan fingerprint density at radius 3 is 2.32 bits per heavy atom. The maximum absolute atomic E-state index is 12.3. The first-order valence-corrected chi connectivity index (χ1v) is 8.09. The van der Waals surface area contributed by atoms with Crippen LogP contribution in [0, 0.1) is 0 Å². The lowest BCUT2D eigenvalue weighted by molar-refractivity contribution is -0.145. The minimum absolute atomic E-state index is 0.00123. The van der Waals surface area contributed by atoms with E-state index in [-0.39, 0.29) is 18.1 Å². The molecule has 0 saturated carbocycles. The van der Waals surface area contributed by atoms with Crippen molar-refractivity contribution in [2.75, 3.05) is 5.32 Å². The molecule has 1 amide bonds. The van der Waals surface area contributed by atoms with E-state index >= 15 is 0 Å². The lowest BCUT2D eigenvalue weighted by atomic mass is 10.1. The van der Waals surface area contributed by atoms with Gasteiger partial charge in [-0.15, -0.1) is 0 Å². The minimum Gasteiger partial charge on any atom is -0.454 e. The van der Waals surface area contributed by atoms with Crippen molar-refractivity contribution in [2.45, 2.75) is 26.4 Å². The number of halogens is 1. The van der Waals surface area contributed by atoms with Crippen LogP contribution in [0.4, 0.5) is 5.69 Å². The van der Waals surface area contributed by atoms with Crippen molar-refractivity contribution in [1.82, 2.24) is 0 Å². The van der Waals surface area contributed by atoms with Gasteiger partial charge >= 0.3 is 5.97 Å². The molecule has 0 bridgehead atoms. The number of carbonyl (C=O) groups excluding carboxylic acids is 3. The van der Waals surface area contributed by atoms with Crippen molar-refractivity contribution in [3.05, 3.63) is 64.7 Å². The zero-order chi connectivity index (χ0) is 18.4. The molecule has 0 aliphatic heterocycles. The Morgan fingerprint density at radius 1 is 1.08 bits per heavy atom. The van der Waals surface area contributed by atoms with Gasteiger partial charge in [0.25, 0.3) is 0 Å². The van der Waals surface area contributed by atoms with Crippen LogP contribution in [-0.4, -0.2) is 23.8 Å². The van der Waals surface area contributed by atoms with E-state index in [4.69, 9.17) is 16.3 Å². The summed E-state index contributed by atoms with van der Waals surface area (Å²) >= 11 is 6.01. The summed E-state index contributed by atoms with van der Waals surface area (Å²) in [7, 11) is 0. The Kier molecular flexibility index (Phi) is 6.31. The summed E-state index contributed by atoms with van der Waals surface area (Å²) in [4.78, 5) is 35.3. The van der Waals surface area contributed by atoms with Gasteiger partial charge in [-0.2, -0.15) is 0 Å². The molecular formula is C19H18ClNO4. The molecule has 0 saturated heterocycles. The Balaban J connectivity index is 1.96. The third-order valence-electron chi connectivity index (χ3n) is 3.46. The van der Waals surface area contributed by atoms with Crippen LogP contribution in [0.1, 0.15) is 29.8 Å². The Hall–Kier alpha value is -2.66. The standard InChI is InChI=1S/C19H18ClNO4/c1-12(25-18(23)11-15-5-3-4-6-17(15)20)19(24)14-7-9-16(10-8-14)21-13(2)22/h3-10,12H,11H2,1-2H3,(H,21,22). The first-order valence-electron chi connectivity index (χ1n) is 7.71. The zero-order valence-electron chi connectivity index (χ0n) is 13.9. The molecule has 2 aromatic carbocycles. The van der Waals surface area contributed by atoms with Crippen molar-refractivity contribution in [3.63, 3.8) is 0 Å². The predicted octanol–water partition coefficient (Wildman–Crippen LogP) is 3.66. The SMILES string of the molecule is CC(=O)Nc1ccc(C(=O)C(C)OC(=O)Cc2ccccc2Cl)cc1. The highest BCUT2D eigenvalue weighted by molar-refractivity contribution is 6.31. The number of esters is 1. The molecule has 0 aromatic heterocycles. The first kappa shape index (κ1) is 18.7. The number of rotatable bonds is 6. The average molecular weight is 360 g/mol. The summed E-state index contributed by atoms with van der Waals surface area (Å²) in [6, 6.07) is 13.4. The molecule has 1 unspecified atom stereocenters. The van der Waals surface area contributed by atoms with E-state index in [9.17, 15) is 14.4 Å². The molecule has 1 N–H and O–H groups in total. The van der Waals surface area contributed by atoms with Crippen molar-refractivity contribution >= 4 is 34.9 Å². The number of benzene rings is 2. The van der Waals surface area contributed by atoms with Gasteiger partial charge < -0.3 is 10.1 Å². The number of nitrogens with one attached hydrogen (secondary N) is 1. The maximum Gasteiger partial charge on any atom is 0.311 e. The molecule has 6 heteroatoms. The van der Waals surface area contributed by atoms with E-state index in [0.29, 0.717) is 21.8 Å². The van der Waals surface area contributed by atoms with Crippen LogP contribution in [0.5, 0.6) is 0 Å². The van der Waals surface area contributed by atoms with Gasteiger partial charge in [-0.05, 0) is 42.8 Å². The van der Waals surface area contributed by atoms with Gasteiger partial charge in [0, 0.05) is 23.2 Å². The molecule has 0 fully saturated rings. The van der Waals surface area contributed by atoms with Crippen molar-refractivity contribution in [3.8, 4) is 0 Å². The second-order valence-electron chi connectivity index (χ2n) is 5.52. The largest absolute Gasteiger partial charge is 0.454 e. The average Bonchev–Trinajstić information content (AvgIpc) is 2.56. The Bertz CT molecular complexity index is 786. The van der Waals surface area contributed by atoms with E-state index in [1.807, 2.05) is 0 Å². The predicted molar refractivity (Wildman–Crippen MR) is 95.8 cm³/mol. The summed E-state index contributed by atoms with van der Waals surface area (Å²) in [5, 5.41) is 3.10. The molecule has 130 valence electrons. The van der Waals surface area contributed by atoms with E-state index in [0.717, 1.165) is 0 Å². The van der Waals surface area contributed by atoms with Gasteiger partial charge in [0.05, 0.1) is 6.42 Å². The Labute approximate surface area is 150 Å². The number of amides is 1. The van der Waals surface area contributed by atoms with Crippen LogP contribution in [0.15, 0.2) is 48.5 Å². The molecule has 0 aliphatic carbocycles. The summed E-state index contributed by atoms with van der Waals surface area (Å²) < 4.78 is 5.20. The first-order chi connectivity index (χ1) is 11.9. The molecule has 2 aromatic rings. The number of hydrogen-bond donors (Lipinski definition) is 1. The maximum atomic E-state index is 12.3. The van der Waals surface area contributed by atoms with E-state index in [1.54, 1.807) is 48.5 Å². The van der Waals surface area contributed by atoms with Crippen molar-refractivity contribution in [2.24, 2.45) is 0 Å². The van der Waals surface area contributed by atoms with Crippen molar-refractivity contribution < 1.29 is 19.1 Å². The van der Waals surface area contributed by atoms with Crippen LogP contribution in [0.2, 0.25) is 5.02 Å². The number of carbonyl (C=O) groups is 3. The number of ketones is 1. The second kappa shape index (κ2) is 8.44. The highest BCUT2D eigenvalue weighted by atomic mass is 35.5. The van der Waals surface area contributed by atoms with E-state index in [1.165, 1.54) is 13.8 Å². The lowest BCUT2D eigenvalue weighted by Crippen LogP contribution is -2.25. The molecule has 0 aliphatic rings. The number of anilines is 1. The lowest BCUT2D eigenvalue weighted by Gasteiger charge is -2.13. The van der Waals surface area contributed by atoms with Gasteiger partial charge in [-0.1, -0.05) is 29.8 Å². The highest BCUT2D eigenvalue weighted by Crippen LogP contribution is 2.17. The second-order valence-corrected chi connectivity index (χ2v) is 5.93. The quantitative estimate of drug-likeness (QED) is 0.631. The molecule has 5 nitrogen and oxygen atoms in total. The van der Waals surface area contributed by atoms with Gasteiger partial charge in [-0.3, -0.25) is 14.4 Å². The van der Waals surface area contributed by atoms with Crippen LogP contribution in [0.25, 0.3) is 0 Å². The summed E-state index contributed by atoms with van der Waals surface area (Å²) in [5.41, 5.74) is 1.63. The van der Waals surface area contributed by atoms with Crippen LogP contribution in [-0.2, 0) is 20.7 Å². The fraction of sp³-hybridized carbons (Fsp3) is 0.211. The van der Waals surface area contributed by atoms with Gasteiger partial charge in [0.2, 0.25) is 11.7 Å². The number of ether oxygens (including phenoxy) is 1. The third kappa shape index (κ3) is 5.43. The highest BCUT2D eigenvalue weighted by Gasteiger charge is 2.20. The fourth-order valence-electron chi connectivity index (χ4n) is 2.25. The van der Waals surface area contributed by atoms with Gasteiger partial charge in [0.1, 0.15) is 0 Å². The van der Waals surface area contributed by atoms with Gasteiger partial charge in [0.15, 0.2) is 6.10 Å². The van der Waals surface area contributed by atoms with Gasteiger partial charge in [-0.25, -0.2) is 0 Å². The van der Waals surface area contributed by atoms with E-state index in [2.05, 4.69) is 5.32 Å². The van der Waals surface area contributed by atoms with Crippen molar-refractivity contribution in [1.29, 1.82) is 0 Å². The zero-order valence-corrected chi connectivity index (χ0v) is 14.7. The summed E-state index contributed by atoms with van der Waals surface area (Å²) in [6.45, 7) is 2.92. The molecule has 2 rings (SSSR count). The van der Waals surface area contributed by atoms with E-state index < -0.39 is 12.1 Å². The van der Waals surface area contributed by atoms with Crippen LogP contribution < -0.4 is 5.32 Å². The third-order valence-corrected chi connectivity index (χ3v) is 3.83. The molecule has 0 heterocycles. The Morgan fingerprint density at radius 2 is 1.72 bits per heavy atom. The topological polar surface area (TPSA) is 72.5 Å². The number of hydrogen-bond acceptors (Lipinski definition) is 4. The normalized spacial score (nSPS) is 11.5.